The second-order valence-electron chi connectivity index (χ2n) is 5.10. The van der Waals surface area contributed by atoms with E-state index in [1.54, 1.807) is 18.5 Å². The van der Waals surface area contributed by atoms with Crippen LogP contribution in [0.15, 0.2) is 60.5 Å². The topological polar surface area (TPSA) is 72.7 Å². The Labute approximate surface area is 144 Å². The van der Waals surface area contributed by atoms with Gasteiger partial charge in [-0.2, -0.15) is 0 Å². The van der Waals surface area contributed by atoms with Gasteiger partial charge in [-0.3, -0.25) is 10.1 Å². The fourth-order valence-electron chi connectivity index (χ4n) is 2.24. The van der Waals surface area contributed by atoms with Crippen LogP contribution < -0.4 is 5.32 Å². The van der Waals surface area contributed by atoms with Gasteiger partial charge in [0.1, 0.15) is 0 Å². The highest BCUT2D eigenvalue weighted by Crippen LogP contribution is 2.27. The highest BCUT2D eigenvalue weighted by molar-refractivity contribution is 8.00. The summed E-state index contributed by atoms with van der Waals surface area (Å²) in [5.41, 5.74) is 1.93. The molecule has 3 aromatic rings. The lowest BCUT2D eigenvalue weighted by molar-refractivity contribution is -0.115. The van der Waals surface area contributed by atoms with Gasteiger partial charge in [0.2, 0.25) is 11.9 Å². The number of nitrogens with zero attached hydrogens (tertiary/aromatic N) is 4. The van der Waals surface area contributed by atoms with Crippen molar-refractivity contribution in [1.82, 2.24) is 19.5 Å². The number of imidazole rings is 1. The smallest absolute Gasteiger partial charge is 0.240 e. The molecule has 0 saturated heterocycles. The molecule has 0 aliphatic carbocycles. The number of rotatable bonds is 6. The first kappa shape index (κ1) is 16.2. The maximum atomic E-state index is 12.3. The largest absolute Gasteiger partial charge is 0.315 e. The van der Waals surface area contributed by atoms with Crippen LogP contribution in [0.4, 0.5) is 5.95 Å². The summed E-state index contributed by atoms with van der Waals surface area (Å²) < 4.78 is 2.05. The molecule has 2 aromatic heterocycles. The minimum atomic E-state index is -0.339. The molecular weight excluding hydrogens is 322 g/mol. The van der Waals surface area contributed by atoms with Gasteiger partial charge in [-0.15, -0.1) is 6.58 Å². The van der Waals surface area contributed by atoms with E-state index in [0.717, 1.165) is 16.2 Å². The molecular formula is C17H17N5OS. The van der Waals surface area contributed by atoms with E-state index in [-0.39, 0.29) is 11.2 Å². The van der Waals surface area contributed by atoms with Crippen molar-refractivity contribution in [3.63, 3.8) is 0 Å². The number of aromatic nitrogens is 4. The Balaban J connectivity index is 1.79. The Morgan fingerprint density at radius 3 is 2.83 bits per heavy atom. The fourth-order valence-corrected chi connectivity index (χ4v) is 3.17. The third kappa shape index (κ3) is 3.46. The summed E-state index contributed by atoms with van der Waals surface area (Å²) in [5, 5.41) is 3.15. The predicted octanol–water partition coefficient (Wildman–Crippen LogP) is 3.13. The van der Waals surface area contributed by atoms with Crippen LogP contribution in [0, 0.1) is 0 Å². The summed E-state index contributed by atoms with van der Waals surface area (Å²) in [5.74, 6) is 0.137. The van der Waals surface area contributed by atoms with Crippen LogP contribution in [0.3, 0.4) is 0 Å². The second-order valence-corrected chi connectivity index (χ2v) is 6.41. The number of nitrogens with one attached hydrogen (secondary N) is 1. The van der Waals surface area contributed by atoms with Gasteiger partial charge in [0.25, 0.3) is 0 Å². The van der Waals surface area contributed by atoms with E-state index >= 15 is 0 Å². The van der Waals surface area contributed by atoms with Crippen LogP contribution in [0.2, 0.25) is 0 Å². The van der Waals surface area contributed by atoms with E-state index in [4.69, 9.17) is 0 Å². The maximum Gasteiger partial charge on any atom is 0.240 e. The van der Waals surface area contributed by atoms with Crippen molar-refractivity contribution in [2.75, 3.05) is 5.32 Å². The molecule has 24 heavy (non-hydrogen) atoms. The first-order chi connectivity index (χ1) is 11.7. The van der Waals surface area contributed by atoms with Gasteiger partial charge in [0.05, 0.1) is 16.3 Å². The van der Waals surface area contributed by atoms with Gasteiger partial charge in [0, 0.05) is 18.9 Å². The van der Waals surface area contributed by atoms with Crippen LogP contribution >= 0.6 is 11.8 Å². The molecule has 7 heteroatoms. The third-order valence-corrected chi connectivity index (χ3v) is 4.47. The zero-order valence-corrected chi connectivity index (χ0v) is 14.0. The van der Waals surface area contributed by atoms with Crippen LogP contribution in [0.25, 0.3) is 11.0 Å². The number of benzene rings is 1. The molecule has 1 atom stereocenters. The Kier molecular flexibility index (Phi) is 4.90. The molecule has 6 nitrogen and oxygen atoms in total. The number of carbonyl (C=O) groups excluding carboxylic acids is 1. The van der Waals surface area contributed by atoms with Gasteiger partial charge in [0.15, 0.2) is 5.16 Å². The number of para-hydroxylation sites is 2. The number of amides is 1. The zero-order chi connectivity index (χ0) is 16.9. The highest BCUT2D eigenvalue weighted by atomic mass is 32.2. The van der Waals surface area contributed by atoms with Crippen molar-refractivity contribution >= 4 is 34.7 Å². The van der Waals surface area contributed by atoms with E-state index in [9.17, 15) is 4.79 Å². The Morgan fingerprint density at radius 1 is 1.33 bits per heavy atom. The number of allylic oxidation sites excluding steroid dienone is 1. The van der Waals surface area contributed by atoms with E-state index in [1.165, 1.54) is 11.8 Å². The quantitative estimate of drug-likeness (QED) is 0.552. The predicted molar refractivity (Wildman–Crippen MR) is 95.9 cm³/mol. The average Bonchev–Trinajstić information content (AvgIpc) is 2.94. The standard InChI is InChI=1S/C17H17N5OS/c1-3-11-22-14-8-5-4-7-13(14)20-17(22)24-12(2)15(23)21-16-18-9-6-10-19-16/h3-10,12H,1,11H2,2H3,(H,18,19,21,23). The fraction of sp³-hybridized carbons (Fsp3) is 0.176. The number of thioether (sulfide) groups is 1. The molecule has 3 rings (SSSR count). The minimum absolute atomic E-state index is 0.164. The van der Waals surface area contributed by atoms with Crippen LogP contribution in [-0.4, -0.2) is 30.7 Å². The van der Waals surface area contributed by atoms with Crippen molar-refractivity contribution in [2.24, 2.45) is 0 Å². The lowest BCUT2D eigenvalue weighted by Crippen LogP contribution is -2.24. The van der Waals surface area contributed by atoms with Crippen molar-refractivity contribution in [3.8, 4) is 0 Å². The zero-order valence-electron chi connectivity index (χ0n) is 13.2. The monoisotopic (exact) mass is 339 g/mol. The summed E-state index contributed by atoms with van der Waals surface area (Å²) in [7, 11) is 0. The van der Waals surface area contributed by atoms with Crippen LogP contribution in [-0.2, 0) is 11.3 Å². The number of carbonyl (C=O) groups is 1. The summed E-state index contributed by atoms with van der Waals surface area (Å²) in [6.07, 6.45) is 4.99. The summed E-state index contributed by atoms with van der Waals surface area (Å²) in [6, 6.07) is 9.59. The van der Waals surface area contributed by atoms with Crippen molar-refractivity contribution in [3.05, 3.63) is 55.4 Å². The first-order valence-corrected chi connectivity index (χ1v) is 8.37. The Bertz CT molecular complexity index is 862. The normalized spacial score (nSPS) is 12.0. The number of fused-ring (bicyclic) bond motifs is 1. The average molecular weight is 339 g/mol. The Morgan fingerprint density at radius 2 is 2.08 bits per heavy atom. The number of hydrogen-bond acceptors (Lipinski definition) is 5. The van der Waals surface area contributed by atoms with Crippen molar-refractivity contribution < 1.29 is 4.79 Å². The molecule has 2 heterocycles. The third-order valence-electron chi connectivity index (χ3n) is 3.38. The van der Waals surface area contributed by atoms with Crippen LogP contribution in [0.5, 0.6) is 0 Å². The van der Waals surface area contributed by atoms with Crippen LogP contribution in [0.1, 0.15) is 6.92 Å². The first-order valence-electron chi connectivity index (χ1n) is 7.49. The molecule has 1 unspecified atom stereocenters. The molecule has 0 aliphatic rings. The lowest BCUT2D eigenvalue weighted by Gasteiger charge is -2.11. The lowest BCUT2D eigenvalue weighted by atomic mass is 10.3. The molecule has 1 aromatic carbocycles. The van der Waals surface area contributed by atoms with Gasteiger partial charge in [-0.1, -0.05) is 30.0 Å². The van der Waals surface area contributed by atoms with E-state index < -0.39 is 0 Å². The molecule has 0 saturated carbocycles. The molecule has 0 radical (unpaired) electrons. The van der Waals surface area contributed by atoms with Gasteiger partial charge in [-0.25, -0.2) is 15.0 Å². The molecule has 0 bridgehead atoms. The summed E-state index contributed by atoms with van der Waals surface area (Å²) in [6.45, 7) is 6.27. The number of hydrogen-bond donors (Lipinski definition) is 1. The van der Waals surface area contributed by atoms with Crippen molar-refractivity contribution in [2.45, 2.75) is 23.9 Å². The van der Waals surface area contributed by atoms with Gasteiger partial charge >= 0.3 is 0 Å². The summed E-state index contributed by atoms with van der Waals surface area (Å²) in [4.78, 5) is 25.0. The minimum Gasteiger partial charge on any atom is -0.315 e. The molecule has 1 amide bonds. The van der Waals surface area contributed by atoms with Gasteiger partial charge in [-0.05, 0) is 25.1 Å². The van der Waals surface area contributed by atoms with Crippen molar-refractivity contribution in [1.29, 1.82) is 0 Å². The van der Waals surface area contributed by atoms with E-state index in [1.807, 2.05) is 37.3 Å². The van der Waals surface area contributed by atoms with E-state index in [2.05, 4.69) is 31.4 Å². The Hall–Kier alpha value is -2.67. The highest BCUT2D eigenvalue weighted by Gasteiger charge is 2.19. The number of anilines is 1. The van der Waals surface area contributed by atoms with Gasteiger partial charge < -0.3 is 4.57 Å². The maximum absolute atomic E-state index is 12.3. The second kappa shape index (κ2) is 7.27. The SMILES string of the molecule is C=CCn1c(SC(C)C(=O)Nc2ncccn2)nc2ccccc21. The molecule has 0 spiro atoms. The summed E-state index contributed by atoms with van der Waals surface area (Å²) >= 11 is 1.40. The molecule has 0 fully saturated rings. The molecule has 0 aliphatic heterocycles. The molecule has 1 N–H and O–H groups in total. The molecule has 122 valence electrons. The van der Waals surface area contributed by atoms with E-state index in [0.29, 0.717) is 12.5 Å².